The lowest BCUT2D eigenvalue weighted by atomic mass is 10.0. The molecule has 0 bridgehead atoms. The molecule has 0 aliphatic carbocycles. The first kappa shape index (κ1) is 14.1. The van der Waals surface area contributed by atoms with Gasteiger partial charge in [-0.3, -0.25) is 0 Å². The Labute approximate surface area is 124 Å². The highest BCUT2D eigenvalue weighted by molar-refractivity contribution is 5.99. The molecule has 0 unspecified atom stereocenters. The predicted octanol–water partition coefficient (Wildman–Crippen LogP) is 4.26. The van der Waals surface area contributed by atoms with Crippen molar-refractivity contribution in [3.05, 3.63) is 54.1 Å². The van der Waals surface area contributed by atoms with Crippen molar-refractivity contribution in [1.82, 2.24) is 4.98 Å². The molecule has 2 aromatic carbocycles. The summed E-state index contributed by atoms with van der Waals surface area (Å²) < 4.78 is 36.9. The smallest absolute Gasteiger partial charge is 0.437 e. The summed E-state index contributed by atoms with van der Waals surface area (Å²) in [5, 5.41) is 0.533. The maximum Gasteiger partial charge on any atom is 0.514 e. The zero-order valence-electron chi connectivity index (χ0n) is 11.5. The topological polar surface area (TPSA) is 51.3 Å². The summed E-state index contributed by atoms with van der Waals surface area (Å²) >= 11 is 0. The number of ether oxygens (including phenoxy) is 2. The molecule has 4 nitrogen and oxygen atoms in total. The van der Waals surface area contributed by atoms with Gasteiger partial charge in [0.1, 0.15) is 11.6 Å². The molecule has 0 fully saturated rings. The first-order valence-electron chi connectivity index (χ1n) is 6.42. The molecule has 112 valence electrons. The van der Waals surface area contributed by atoms with Gasteiger partial charge in [-0.05, 0) is 24.3 Å². The van der Waals surface area contributed by atoms with E-state index in [0.29, 0.717) is 16.5 Å². The van der Waals surface area contributed by atoms with E-state index in [1.165, 1.54) is 24.3 Å². The van der Waals surface area contributed by atoms with E-state index in [2.05, 4.69) is 9.72 Å². The summed E-state index contributed by atoms with van der Waals surface area (Å²) in [5.74, 6) is -0.946. The van der Waals surface area contributed by atoms with Crippen LogP contribution in [0.3, 0.4) is 0 Å². The molecular weight excluding hydrogens is 292 g/mol. The number of aromatic nitrogens is 1. The van der Waals surface area contributed by atoms with Gasteiger partial charge in [-0.2, -0.15) is 0 Å². The molecule has 0 aliphatic heterocycles. The number of aromatic amines is 1. The van der Waals surface area contributed by atoms with Gasteiger partial charge in [-0.1, -0.05) is 18.2 Å². The van der Waals surface area contributed by atoms with Crippen molar-refractivity contribution in [3.8, 4) is 17.0 Å². The Morgan fingerprint density at radius 1 is 1.14 bits per heavy atom. The van der Waals surface area contributed by atoms with Crippen molar-refractivity contribution in [2.75, 3.05) is 7.11 Å². The zero-order chi connectivity index (χ0) is 15.7. The highest BCUT2D eigenvalue weighted by Gasteiger charge is 2.20. The minimum atomic E-state index is -0.954. The van der Waals surface area contributed by atoms with Crippen LogP contribution in [0, 0.1) is 11.6 Å². The van der Waals surface area contributed by atoms with E-state index in [1.807, 2.05) is 0 Å². The number of carbonyl (C=O) groups is 1. The second-order valence-electron chi connectivity index (χ2n) is 4.56. The fraction of sp³-hybridized carbons (Fsp3) is 0.0625. The summed E-state index contributed by atoms with van der Waals surface area (Å²) in [7, 11) is 1.16. The highest BCUT2D eigenvalue weighted by atomic mass is 19.1. The minimum Gasteiger partial charge on any atom is -0.437 e. The van der Waals surface area contributed by atoms with Gasteiger partial charge in [0.15, 0.2) is 0 Å². The Bertz CT molecular complexity index is 858. The molecule has 0 saturated heterocycles. The van der Waals surface area contributed by atoms with Crippen LogP contribution in [-0.2, 0) is 4.74 Å². The quantitative estimate of drug-likeness (QED) is 0.720. The zero-order valence-corrected chi connectivity index (χ0v) is 11.5. The number of carbonyl (C=O) groups excluding carboxylic acids is 1. The Morgan fingerprint density at radius 2 is 1.91 bits per heavy atom. The van der Waals surface area contributed by atoms with Gasteiger partial charge in [-0.25, -0.2) is 13.6 Å². The average Bonchev–Trinajstić information content (AvgIpc) is 2.84. The Morgan fingerprint density at radius 3 is 2.64 bits per heavy atom. The number of hydrogen-bond acceptors (Lipinski definition) is 3. The highest BCUT2D eigenvalue weighted by Crippen LogP contribution is 2.38. The van der Waals surface area contributed by atoms with Gasteiger partial charge < -0.3 is 14.5 Å². The molecule has 0 spiro atoms. The molecule has 3 aromatic rings. The third-order valence-electron chi connectivity index (χ3n) is 3.22. The van der Waals surface area contributed by atoms with Crippen molar-refractivity contribution in [3.63, 3.8) is 0 Å². The molecular formula is C16H11F2NO3. The van der Waals surface area contributed by atoms with Crippen LogP contribution in [0.25, 0.3) is 22.0 Å². The normalized spacial score (nSPS) is 10.7. The number of rotatable bonds is 2. The van der Waals surface area contributed by atoms with Crippen molar-refractivity contribution < 1.29 is 23.0 Å². The van der Waals surface area contributed by atoms with Crippen LogP contribution in [0.1, 0.15) is 0 Å². The molecule has 1 aromatic heterocycles. The van der Waals surface area contributed by atoms with Gasteiger partial charge in [-0.15, -0.1) is 0 Å². The molecule has 0 amide bonds. The Kier molecular flexibility index (Phi) is 3.50. The summed E-state index contributed by atoms with van der Waals surface area (Å²) in [6.07, 6.45) is -0.954. The maximum atomic E-state index is 14.1. The van der Waals surface area contributed by atoms with Gasteiger partial charge in [0.2, 0.25) is 5.88 Å². The van der Waals surface area contributed by atoms with Crippen LogP contribution >= 0.6 is 0 Å². The van der Waals surface area contributed by atoms with E-state index in [-0.39, 0.29) is 11.4 Å². The second-order valence-corrected chi connectivity index (χ2v) is 4.56. The molecule has 0 radical (unpaired) electrons. The van der Waals surface area contributed by atoms with Crippen LogP contribution < -0.4 is 4.74 Å². The van der Waals surface area contributed by atoms with E-state index in [1.54, 1.807) is 18.2 Å². The fourth-order valence-electron chi connectivity index (χ4n) is 2.28. The predicted molar refractivity (Wildman–Crippen MR) is 76.7 cm³/mol. The van der Waals surface area contributed by atoms with Crippen LogP contribution in [0.15, 0.2) is 42.5 Å². The van der Waals surface area contributed by atoms with Gasteiger partial charge in [0.05, 0.1) is 18.2 Å². The van der Waals surface area contributed by atoms with Gasteiger partial charge in [0.25, 0.3) is 0 Å². The molecule has 3 rings (SSSR count). The van der Waals surface area contributed by atoms with E-state index < -0.39 is 17.8 Å². The van der Waals surface area contributed by atoms with Crippen LogP contribution in [0.2, 0.25) is 0 Å². The first-order valence-corrected chi connectivity index (χ1v) is 6.42. The van der Waals surface area contributed by atoms with Crippen molar-refractivity contribution in [2.45, 2.75) is 0 Å². The first-order chi connectivity index (χ1) is 10.6. The third-order valence-corrected chi connectivity index (χ3v) is 3.22. The SMILES string of the molecule is COC(=O)Oc1[nH]c2cc(F)ccc2c1-c1ccccc1F. The van der Waals surface area contributed by atoms with Crippen LogP contribution in [-0.4, -0.2) is 18.2 Å². The lowest BCUT2D eigenvalue weighted by molar-refractivity contribution is 0.120. The molecule has 0 atom stereocenters. The summed E-state index contributed by atoms with van der Waals surface area (Å²) in [5.41, 5.74) is 0.954. The fourth-order valence-corrected chi connectivity index (χ4v) is 2.28. The summed E-state index contributed by atoms with van der Waals surface area (Å²) in [6.45, 7) is 0. The molecule has 6 heteroatoms. The number of halogens is 2. The van der Waals surface area contributed by atoms with Crippen molar-refractivity contribution in [2.24, 2.45) is 0 Å². The average molecular weight is 303 g/mol. The standard InChI is InChI=1S/C16H11F2NO3/c1-21-16(20)22-15-14(10-4-2-3-5-12(10)18)11-7-6-9(17)8-13(11)19-15/h2-8,19H,1H3. The van der Waals surface area contributed by atoms with Gasteiger partial charge >= 0.3 is 6.16 Å². The molecule has 0 aliphatic rings. The summed E-state index contributed by atoms with van der Waals surface area (Å²) in [4.78, 5) is 14.1. The number of nitrogens with one attached hydrogen (secondary N) is 1. The van der Waals surface area contributed by atoms with Crippen molar-refractivity contribution in [1.29, 1.82) is 0 Å². The lowest BCUT2D eigenvalue weighted by Gasteiger charge is -2.06. The second kappa shape index (κ2) is 5.48. The lowest BCUT2D eigenvalue weighted by Crippen LogP contribution is -2.08. The number of benzene rings is 2. The number of methoxy groups -OCH3 is 1. The third kappa shape index (κ3) is 2.39. The Hall–Kier alpha value is -2.89. The van der Waals surface area contributed by atoms with E-state index in [4.69, 9.17) is 4.74 Å². The maximum absolute atomic E-state index is 14.1. The Balaban J connectivity index is 2.27. The largest absolute Gasteiger partial charge is 0.514 e. The summed E-state index contributed by atoms with van der Waals surface area (Å²) in [6, 6.07) is 10.0. The number of H-pyrrole nitrogens is 1. The van der Waals surface area contributed by atoms with Gasteiger partial charge in [0, 0.05) is 10.9 Å². The molecule has 1 N–H and O–H groups in total. The van der Waals surface area contributed by atoms with E-state index in [0.717, 1.165) is 7.11 Å². The number of fused-ring (bicyclic) bond motifs is 1. The molecule has 1 heterocycles. The molecule has 0 saturated carbocycles. The molecule has 22 heavy (non-hydrogen) atoms. The minimum absolute atomic E-state index is 0.00227. The number of hydrogen-bond donors (Lipinski definition) is 1. The van der Waals surface area contributed by atoms with E-state index >= 15 is 0 Å². The van der Waals surface area contributed by atoms with Crippen LogP contribution in [0.5, 0.6) is 5.88 Å². The van der Waals surface area contributed by atoms with E-state index in [9.17, 15) is 13.6 Å². The monoisotopic (exact) mass is 303 g/mol. The van der Waals surface area contributed by atoms with Crippen LogP contribution in [0.4, 0.5) is 13.6 Å². The van der Waals surface area contributed by atoms with Crippen molar-refractivity contribution >= 4 is 17.1 Å².